The number of rotatable bonds is 2. The maximum absolute atomic E-state index is 10.5. The molecule has 0 amide bonds. The van der Waals surface area contributed by atoms with Gasteiger partial charge in [0, 0.05) is 5.39 Å². The molecule has 0 aliphatic carbocycles. The second kappa shape index (κ2) is 3.92. The van der Waals surface area contributed by atoms with E-state index in [9.17, 15) is 4.79 Å². The Morgan fingerprint density at radius 3 is 3.00 bits per heavy atom. The third-order valence-corrected chi connectivity index (χ3v) is 2.89. The second-order valence-corrected chi connectivity index (χ2v) is 4.15. The van der Waals surface area contributed by atoms with E-state index in [1.165, 1.54) is 4.52 Å². The molecule has 0 spiro atoms. The van der Waals surface area contributed by atoms with E-state index >= 15 is 0 Å². The number of aldehydes is 1. The number of carbonyl (C=O) groups is 1. The normalized spacial score (nSPS) is 11.2. The van der Waals surface area contributed by atoms with Crippen molar-refractivity contribution < 1.29 is 4.79 Å². The highest BCUT2D eigenvalue weighted by Crippen LogP contribution is 2.25. The van der Waals surface area contributed by atoms with Crippen LogP contribution in [-0.2, 0) is 11.2 Å². The predicted molar refractivity (Wildman–Crippen MR) is 67.5 cm³/mol. The van der Waals surface area contributed by atoms with Gasteiger partial charge < -0.3 is 10.5 Å². The highest BCUT2D eigenvalue weighted by Gasteiger charge is 2.12. The molecule has 2 N–H and O–H groups in total. The van der Waals surface area contributed by atoms with Crippen LogP contribution < -0.4 is 5.73 Å². The minimum atomic E-state index is 0.142. The van der Waals surface area contributed by atoms with Crippen molar-refractivity contribution in [1.82, 2.24) is 19.6 Å². The zero-order chi connectivity index (χ0) is 12.7. The number of para-hydroxylation sites is 1. The van der Waals surface area contributed by atoms with E-state index in [0.29, 0.717) is 22.0 Å². The van der Waals surface area contributed by atoms with Crippen LogP contribution >= 0.6 is 11.6 Å². The largest absolute Gasteiger partial charge is 0.368 e. The fourth-order valence-corrected chi connectivity index (χ4v) is 2.04. The van der Waals surface area contributed by atoms with Gasteiger partial charge in [0.25, 0.3) is 0 Å². The Balaban J connectivity index is 2.45. The Bertz CT molecular complexity index is 767. The first kappa shape index (κ1) is 10.9. The maximum Gasteiger partial charge on any atom is 0.223 e. The van der Waals surface area contributed by atoms with E-state index in [4.69, 9.17) is 17.3 Å². The molecule has 3 aromatic rings. The summed E-state index contributed by atoms with van der Waals surface area (Å²) in [5, 5.41) is 5.38. The summed E-state index contributed by atoms with van der Waals surface area (Å²) in [6, 6.07) is 5.37. The lowest BCUT2D eigenvalue weighted by Crippen LogP contribution is -2.03. The van der Waals surface area contributed by atoms with Crippen molar-refractivity contribution in [2.24, 2.45) is 0 Å². The van der Waals surface area contributed by atoms with Crippen LogP contribution in [0.25, 0.3) is 16.6 Å². The van der Waals surface area contributed by atoms with Crippen molar-refractivity contribution in [1.29, 1.82) is 0 Å². The minimum Gasteiger partial charge on any atom is -0.368 e. The van der Waals surface area contributed by atoms with Gasteiger partial charge in [-0.05, 0) is 12.1 Å². The van der Waals surface area contributed by atoms with Crippen molar-refractivity contribution in [3.63, 3.8) is 0 Å². The van der Waals surface area contributed by atoms with Gasteiger partial charge in [0.15, 0.2) is 11.5 Å². The molecule has 2 aromatic heterocycles. The summed E-state index contributed by atoms with van der Waals surface area (Å²) in [6.07, 6.45) is 0.886. The molecular weight excluding hydrogens is 254 g/mol. The number of hydrogen-bond acceptors (Lipinski definition) is 5. The Morgan fingerprint density at radius 1 is 1.39 bits per heavy atom. The standard InChI is InChI=1S/C11H8ClN5O/c12-7-3-1-2-6-9(7)15-11(13)17-10(6)14-8(16-17)4-5-18/h1-3,5H,4H2,(H2,13,15). The average Bonchev–Trinajstić information content (AvgIpc) is 2.76. The molecule has 3 rings (SSSR count). The van der Waals surface area contributed by atoms with Gasteiger partial charge in [0.1, 0.15) is 6.29 Å². The summed E-state index contributed by atoms with van der Waals surface area (Å²) < 4.78 is 1.41. The van der Waals surface area contributed by atoms with Crippen LogP contribution in [0.4, 0.5) is 5.95 Å². The lowest BCUT2D eigenvalue weighted by Gasteiger charge is -2.03. The van der Waals surface area contributed by atoms with Gasteiger partial charge in [-0.3, -0.25) is 0 Å². The summed E-state index contributed by atoms with van der Waals surface area (Å²) in [6.45, 7) is 0. The number of hydrogen-bond donors (Lipinski definition) is 1. The van der Waals surface area contributed by atoms with Crippen molar-refractivity contribution in [3.8, 4) is 0 Å². The first-order valence-electron chi connectivity index (χ1n) is 5.23. The van der Waals surface area contributed by atoms with Crippen molar-refractivity contribution in [2.75, 3.05) is 5.73 Å². The molecule has 0 saturated heterocycles. The van der Waals surface area contributed by atoms with Gasteiger partial charge >= 0.3 is 0 Å². The van der Waals surface area contributed by atoms with Crippen LogP contribution in [0.15, 0.2) is 18.2 Å². The third kappa shape index (κ3) is 1.50. The first-order chi connectivity index (χ1) is 8.70. The minimum absolute atomic E-state index is 0.142. The number of nitrogens with two attached hydrogens (primary N) is 1. The zero-order valence-electron chi connectivity index (χ0n) is 9.17. The molecule has 0 fully saturated rings. The summed E-state index contributed by atoms with van der Waals surface area (Å²) in [7, 11) is 0. The maximum atomic E-state index is 10.5. The molecule has 0 saturated carbocycles. The van der Waals surface area contributed by atoms with Crippen molar-refractivity contribution in [2.45, 2.75) is 6.42 Å². The molecule has 0 unspecified atom stereocenters. The van der Waals surface area contributed by atoms with Crippen LogP contribution in [0, 0.1) is 0 Å². The molecule has 90 valence electrons. The van der Waals surface area contributed by atoms with Gasteiger partial charge in [-0.15, -0.1) is 5.10 Å². The fraction of sp³-hybridized carbons (Fsp3) is 0.0909. The second-order valence-electron chi connectivity index (χ2n) is 3.74. The summed E-state index contributed by atoms with van der Waals surface area (Å²) >= 11 is 6.07. The van der Waals surface area contributed by atoms with Crippen LogP contribution in [0.5, 0.6) is 0 Å². The van der Waals surface area contributed by atoms with Crippen LogP contribution in [0.1, 0.15) is 5.82 Å². The molecule has 0 radical (unpaired) electrons. The highest BCUT2D eigenvalue weighted by atomic mass is 35.5. The summed E-state index contributed by atoms with van der Waals surface area (Å²) in [4.78, 5) is 19.0. The number of anilines is 1. The first-order valence-corrected chi connectivity index (χ1v) is 5.61. The van der Waals surface area contributed by atoms with E-state index in [0.717, 1.165) is 11.7 Å². The van der Waals surface area contributed by atoms with E-state index in [-0.39, 0.29) is 12.4 Å². The van der Waals surface area contributed by atoms with Gasteiger partial charge in [0.05, 0.1) is 17.0 Å². The van der Waals surface area contributed by atoms with E-state index in [1.807, 2.05) is 6.07 Å². The zero-order valence-corrected chi connectivity index (χ0v) is 9.92. The van der Waals surface area contributed by atoms with Crippen molar-refractivity contribution >= 4 is 40.4 Å². The molecular formula is C11H8ClN5O. The SMILES string of the molecule is Nc1nc2c(Cl)cccc2c2nc(CC=O)nn12. The van der Waals surface area contributed by atoms with Crippen LogP contribution in [0.2, 0.25) is 5.02 Å². The van der Waals surface area contributed by atoms with E-state index < -0.39 is 0 Å². The number of nitrogen functional groups attached to an aromatic ring is 1. The van der Waals surface area contributed by atoms with Gasteiger partial charge in [-0.2, -0.15) is 4.52 Å². The predicted octanol–water partition coefficient (Wildman–Crippen LogP) is 1.25. The monoisotopic (exact) mass is 261 g/mol. The topological polar surface area (TPSA) is 86.2 Å². The molecule has 0 aliphatic heterocycles. The lowest BCUT2D eigenvalue weighted by molar-refractivity contribution is -0.107. The summed E-state index contributed by atoms with van der Waals surface area (Å²) in [5.41, 5.74) is 6.93. The Labute approximate surface area is 106 Å². The van der Waals surface area contributed by atoms with Gasteiger partial charge in [0.2, 0.25) is 5.95 Å². The van der Waals surface area contributed by atoms with Gasteiger partial charge in [-0.1, -0.05) is 17.7 Å². The number of halogens is 1. The number of carbonyl (C=O) groups excluding carboxylic acids is 1. The number of benzene rings is 1. The smallest absolute Gasteiger partial charge is 0.223 e. The highest BCUT2D eigenvalue weighted by molar-refractivity contribution is 6.35. The average molecular weight is 262 g/mol. The number of nitrogens with zero attached hydrogens (tertiary/aromatic N) is 4. The van der Waals surface area contributed by atoms with E-state index in [1.54, 1.807) is 12.1 Å². The molecule has 1 aromatic carbocycles. The quantitative estimate of drug-likeness (QED) is 0.702. The lowest BCUT2D eigenvalue weighted by atomic mass is 10.2. The molecule has 2 heterocycles. The fourth-order valence-electron chi connectivity index (χ4n) is 1.82. The van der Waals surface area contributed by atoms with Crippen molar-refractivity contribution in [3.05, 3.63) is 29.0 Å². The molecule has 18 heavy (non-hydrogen) atoms. The Kier molecular flexibility index (Phi) is 2.38. The van der Waals surface area contributed by atoms with Crippen LogP contribution in [-0.4, -0.2) is 25.9 Å². The number of fused-ring (bicyclic) bond motifs is 3. The molecule has 0 atom stereocenters. The van der Waals surface area contributed by atoms with Gasteiger partial charge in [-0.25, -0.2) is 9.97 Å². The molecule has 6 nitrogen and oxygen atoms in total. The Morgan fingerprint density at radius 2 is 2.22 bits per heavy atom. The molecule has 0 aliphatic rings. The molecule has 7 heteroatoms. The third-order valence-electron chi connectivity index (χ3n) is 2.59. The molecule has 0 bridgehead atoms. The summed E-state index contributed by atoms with van der Waals surface area (Å²) in [5.74, 6) is 0.598. The van der Waals surface area contributed by atoms with E-state index in [2.05, 4.69) is 15.1 Å². The Hall–Kier alpha value is -2.21. The van der Waals surface area contributed by atoms with Crippen LogP contribution in [0.3, 0.4) is 0 Å². The number of aromatic nitrogens is 4.